The summed E-state index contributed by atoms with van der Waals surface area (Å²) in [5.74, 6) is -2.83. The summed E-state index contributed by atoms with van der Waals surface area (Å²) in [5, 5.41) is 2.74. The van der Waals surface area contributed by atoms with Crippen LogP contribution in [0, 0.1) is 0 Å². The summed E-state index contributed by atoms with van der Waals surface area (Å²) in [7, 11) is 1.28. The molecule has 0 spiro atoms. The summed E-state index contributed by atoms with van der Waals surface area (Å²) in [4.78, 5) is 25.1. The minimum atomic E-state index is -1.02. The van der Waals surface area contributed by atoms with Gasteiger partial charge in [-0.15, -0.1) is 0 Å². The molecule has 5 atom stereocenters. The lowest BCUT2D eigenvalue weighted by Gasteiger charge is -2.36. The molecule has 0 bridgehead atoms. The fourth-order valence-corrected chi connectivity index (χ4v) is 3.91. The molecule has 3 heterocycles. The number of carbonyl (C=O) groups excluding carboxylic acids is 2. The molecule has 3 saturated heterocycles. The molecule has 3 fully saturated rings. The summed E-state index contributed by atoms with van der Waals surface area (Å²) in [6.07, 6.45) is -3.57. The fraction of sp³-hybridized carbons (Fsp3) is 0.600. The van der Waals surface area contributed by atoms with Crippen molar-refractivity contribution in [1.29, 1.82) is 0 Å². The van der Waals surface area contributed by atoms with Crippen molar-refractivity contribution in [2.24, 2.45) is 0 Å². The van der Waals surface area contributed by atoms with Gasteiger partial charge in [-0.05, 0) is 39.8 Å². The van der Waals surface area contributed by atoms with Crippen molar-refractivity contribution < 1.29 is 38.0 Å². The normalized spacial score (nSPS) is 34.2. The van der Waals surface area contributed by atoms with Gasteiger partial charge in [0.15, 0.2) is 24.0 Å². The van der Waals surface area contributed by atoms with Crippen molar-refractivity contribution in [2.45, 2.75) is 70.0 Å². The number of ether oxygens (including phenoxy) is 6. The van der Waals surface area contributed by atoms with Crippen molar-refractivity contribution in [3.63, 3.8) is 0 Å². The van der Waals surface area contributed by atoms with E-state index in [0.29, 0.717) is 5.69 Å². The molecule has 0 radical (unpaired) electrons. The molecule has 0 unspecified atom stereocenters. The minimum Gasteiger partial charge on any atom is -0.465 e. The second-order valence-electron chi connectivity index (χ2n) is 8.12. The Morgan fingerprint density at radius 1 is 0.931 bits per heavy atom. The van der Waals surface area contributed by atoms with Crippen LogP contribution < -0.4 is 5.32 Å². The van der Waals surface area contributed by atoms with Crippen molar-refractivity contribution >= 4 is 17.6 Å². The molecule has 9 heteroatoms. The van der Waals surface area contributed by atoms with Crippen molar-refractivity contribution in [1.82, 2.24) is 0 Å². The third-order valence-corrected chi connectivity index (χ3v) is 5.00. The molecule has 1 aromatic carbocycles. The molecule has 1 amide bonds. The molecule has 3 aliphatic rings. The van der Waals surface area contributed by atoms with Gasteiger partial charge in [-0.1, -0.05) is 12.1 Å². The fourth-order valence-electron chi connectivity index (χ4n) is 3.91. The standard InChI is InChI=1S/C20H25NO8/c1-19(2)26-12-13(27-19)15-18(29-20(3,4)28-15)25-14(12)16(22)21-11-9-7-6-8-10(11)17(23)24-5/h6-9,12-15,18H,1-5H3,(H,21,22)/t12-,13+,14-,15-,18-/m1/s1. The number of nitrogens with one attached hydrogen (secondary N) is 1. The third-order valence-electron chi connectivity index (χ3n) is 5.00. The van der Waals surface area contributed by atoms with Gasteiger partial charge < -0.3 is 33.7 Å². The molecular weight excluding hydrogens is 382 g/mol. The van der Waals surface area contributed by atoms with Gasteiger partial charge >= 0.3 is 5.97 Å². The van der Waals surface area contributed by atoms with Gasteiger partial charge in [0.2, 0.25) is 0 Å². The predicted octanol–water partition coefficient (Wildman–Crippen LogP) is 1.81. The van der Waals surface area contributed by atoms with Crippen molar-refractivity contribution in [3.05, 3.63) is 29.8 Å². The summed E-state index contributed by atoms with van der Waals surface area (Å²) in [5.41, 5.74) is 0.549. The molecule has 1 N–H and O–H groups in total. The zero-order chi connectivity index (χ0) is 21.0. The number of amides is 1. The first-order valence-corrected chi connectivity index (χ1v) is 9.45. The Balaban J connectivity index is 1.59. The van der Waals surface area contributed by atoms with Gasteiger partial charge in [-0.2, -0.15) is 0 Å². The Labute approximate surface area is 168 Å². The van der Waals surface area contributed by atoms with E-state index in [1.165, 1.54) is 7.11 Å². The molecule has 0 aliphatic carbocycles. The number of methoxy groups -OCH3 is 1. The quantitative estimate of drug-likeness (QED) is 0.757. The number of hydrogen-bond acceptors (Lipinski definition) is 8. The second kappa shape index (κ2) is 7.03. The Morgan fingerprint density at radius 2 is 1.55 bits per heavy atom. The number of anilines is 1. The molecule has 3 aliphatic heterocycles. The topological polar surface area (TPSA) is 102 Å². The van der Waals surface area contributed by atoms with Gasteiger partial charge in [-0.25, -0.2) is 4.79 Å². The van der Waals surface area contributed by atoms with E-state index in [2.05, 4.69) is 5.32 Å². The van der Waals surface area contributed by atoms with Crippen LogP contribution >= 0.6 is 0 Å². The van der Waals surface area contributed by atoms with Crippen LogP contribution in [0.3, 0.4) is 0 Å². The lowest BCUT2D eigenvalue weighted by Crippen LogP contribution is -2.58. The highest BCUT2D eigenvalue weighted by molar-refractivity contribution is 6.02. The smallest absolute Gasteiger partial charge is 0.339 e. The molecule has 4 rings (SSSR count). The lowest BCUT2D eigenvalue weighted by atomic mass is 9.98. The lowest BCUT2D eigenvalue weighted by molar-refractivity contribution is -0.229. The SMILES string of the molecule is COC(=O)c1ccccc1NC(=O)[C@@H]1O[C@@H]2OC(C)(C)O[C@@H]2[C@H]2OC(C)(C)O[C@H]21. The zero-order valence-electron chi connectivity index (χ0n) is 17.0. The molecule has 1 aromatic rings. The zero-order valence-corrected chi connectivity index (χ0v) is 17.0. The van der Waals surface area contributed by atoms with Gasteiger partial charge in [0.25, 0.3) is 5.91 Å². The van der Waals surface area contributed by atoms with E-state index < -0.39 is 54.2 Å². The molecule has 0 saturated carbocycles. The van der Waals surface area contributed by atoms with Gasteiger partial charge in [0.1, 0.15) is 18.3 Å². The predicted molar refractivity (Wildman–Crippen MR) is 98.9 cm³/mol. The van der Waals surface area contributed by atoms with E-state index in [0.717, 1.165) is 0 Å². The number of para-hydroxylation sites is 1. The molecule has 158 valence electrons. The number of hydrogen-bond donors (Lipinski definition) is 1. The first kappa shape index (κ1) is 20.2. The summed E-state index contributed by atoms with van der Waals surface area (Å²) < 4.78 is 34.4. The highest BCUT2D eigenvalue weighted by Gasteiger charge is 2.62. The van der Waals surface area contributed by atoms with Crippen LogP contribution in [-0.2, 0) is 33.2 Å². The number of esters is 1. The molecule has 29 heavy (non-hydrogen) atoms. The monoisotopic (exact) mass is 407 g/mol. The van der Waals surface area contributed by atoms with E-state index in [1.807, 2.05) is 0 Å². The van der Waals surface area contributed by atoms with Crippen LogP contribution in [0.1, 0.15) is 38.1 Å². The van der Waals surface area contributed by atoms with Crippen LogP contribution in [0.15, 0.2) is 24.3 Å². The van der Waals surface area contributed by atoms with E-state index in [1.54, 1.807) is 52.0 Å². The van der Waals surface area contributed by atoms with Gasteiger partial charge in [-0.3, -0.25) is 4.79 Å². The van der Waals surface area contributed by atoms with Crippen molar-refractivity contribution in [3.8, 4) is 0 Å². The first-order chi connectivity index (χ1) is 13.6. The van der Waals surface area contributed by atoms with Gasteiger partial charge in [0, 0.05) is 0 Å². The van der Waals surface area contributed by atoms with Crippen LogP contribution in [0.4, 0.5) is 5.69 Å². The van der Waals surface area contributed by atoms with Crippen LogP contribution in [0.25, 0.3) is 0 Å². The van der Waals surface area contributed by atoms with Crippen LogP contribution in [0.5, 0.6) is 0 Å². The van der Waals surface area contributed by atoms with Gasteiger partial charge in [0.05, 0.1) is 18.4 Å². The Bertz CT molecular complexity index is 822. The first-order valence-electron chi connectivity index (χ1n) is 9.45. The summed E-state index contributed by atoms with van der Waals surface area (Å²) >= 11 is 0. The molecule has 9 nitrogen and oxygen atoms in total. The summed E-state index contributed by atoms with van der Waals surface area (Å²) in [6, 6.07) is 6.57. The van der Waals surface area contributed by atoms with E-state index in [9.17, 15) is 9.59 Å². The van der Waals surface area contributed by atoms with E-state index >= 15 is 0 Å². The molecule has 0 aromatic heterocycles. The highest BCUT2D eigenvalue weighted by Crippen LogP contribution is 2.44. The Kier molecular flexibility index (Phi) is 4.91. The minimum absolute atomic E-state index is 0.235. The van der Waals surface area contributed by atoms with E-state index in [4.69, 9.17) is 28.4 Å². The van der Waals surface area contributed by atoms with Crippen LogP contribution in [0.2, 0.25) is 0 Å². The average molecular weight is 407 g/mol. The highest BCUT2D eigenvalue weighted by atomic mass is 16.9. The van der Waals surface area contributed by atoms with Crippen LogP contribution in [-0.4, -0.2) is 61.3 Å². The number of benzene rings is 1. The number of carbonyl (C=O) groups is 2. The van der Waals surface area contributed by atoms with Crippen molar-refractivity contribution in [2.75, 3.05) is 12.4 Å². The number of rotatable bonds is 3. The number of fused-ring (bicyclic) bond motifs is 3. The van der Waals surface area contributed by atoms with E-state index in [-0.39, 0.29) is 5.56 Å². The molecular formula is C20H25NO8. The Hall–Kier alpha value is -2.04. The largest absolute Gasteiger partial charge is 0.465 e. The third kappa shape index (κ3) is 3.76. The Morgan fingerprint density at radius 3 is 2.28 bits per heavy atom. The average Bonchev–Trinajstić information content (AvgIpc) is 3.14. The maximum absolute atomic E-state index is 13.1. The second-order valence-corrected chi connectivity index (χ2v) is 8.12. The maximum atomic E-state index is 13.1. The maximum Gasteiger partial charge on any atom is 0.339 e. The summed E-state index contributed by atoms with van der Waals surface area (Å²) in [6.45, 7) is 7.07.